The van der Waals surface area contributed by atoms with Crippen LogP contribution in [0.4, 0.5) is 0 Å². The Balaban J connectivity index is 1.74. The highest BCUT2D eigenvalue weighted by atomic mass is 32.2. The van der Waals surface area contributed by atoms with E-state index in [1.54, 1.807) is 6.92 Å². The van der Waals surface area contributed by atoms with Gasteiger partial charge in [0.25, 0.3) is 0 Å². The van der Waals surface area contributed by atoms with Gasteiger partial charge in [-0.3, -0.25) is 0 Å². The van der Waals surface area contributed by atoms with E-state index in [0.29, 0.717) is 11.3 Å². The molecule has 4 heteroatoms. The third-order valence-electron chi connectivity index (χ3n) is 3.98. The smallest absolute Gasteiger partial charge is 0.338 e. The molecule has 0 N–H and O–H groups in total. The Morgan fingerprint density at radius 1 is 0.885 bits per heavy atom. The molecule has 128 valence electrons. The molecular weight excluding hydrogens is 344 g/mol. The van der Waals surface area contributed by atoms with Crippen molar-refractivity contribution in [2.24, 2.45) is 0 Å². The van der Waals surface area contributed by atoms with Gasteiger partial charge in [0.15, 0.2) is 16.4 Å². The van der Waals surface area contributed by atoms with Gasteiger partial charge in [-0.25, -0.2) is 4.79 Å². The van der Waals surface area contributed by atoms with Gasteiger partial charge >= 0.3 is 5.97 Å². The number of fused-ring (bicyclic) bond motifs is 2. The predicted molar refractivity (Wildman–Crippen MR) is 102 cm³/mol. The van der Waals surface area contributed by atoms with Gasteiger partial charge in [-0.05, 0) is 55.5 Å². The Morgan fingerprint density at radius 2 is 1.42 bits per heavy atom. The molecule has 0 aromatic heterocycles. The van der Waals surface area contributed by atoms with Crippen molar-refractivity contribution in [3.8, 4) is 17.2 Å². The van der Waals surface area contributed by atoms with Crippen LogP contribution >= 0.6 is 0 Å². The van der Waals surface area contributed by atoms with Crippen LogP contribution in [0, 0.1) is 0 Å². The second kappa shape index (κ2) is 6.73. The fourth-order valence-electron chi connectivity index (χ4n) is 2.74. The van der Waals surface area contributed by atoms with Gasteiger partial charge in [-0.1, -0.05) is 30.8 Å². The monoisotopic (exact) mass is 361 g/mol. The highest BCUT2D eigenvalue weighted by molar-refractivity contribution is 7.97. The maximum Gasteiger partial charge on any atom is 0.338 e. The number of benzene rings is 3. The van der Waals surface area contributed by atoms with E-state index < -0.39 is 5.97 Å². The lowest BCUT2D eigenvalue weighted by Crippen LogP contribution is -2.12. The Hall–Kier alpha value is -2.98. The van der Waals surface area contributed by atoms with Crippen LogP contribution in [0.5, 0.6) is 17.2 Å². The molecule has 1 aliphatic rings. The first-order valence-electron chi connectivity index (χ1n) is 8.21. The van der Waals surface area contributed by atoms with Crippen LogP contribution in [0.3, 0.4) is 0 Å². The average Bonchev–Trinajstić information content (AvgIpc) is 2.66. The SMILES string of the molecule is C=C(C)C(=O)Oc1ccc([S+]2c3ccccc3Oc3ccccc32)cc1. The Bertz CT molecular complexity index is 947. The van der Waals surface area contributed by atoms with E-state index in [0.717, 1.165) is 26.2 Å². The summed E-state index contributed by atoms with van der Waals surface area (Å²) in [6, 6.07) is 23.9. The molecule has 3 nitrogen and oxygen atoms in total. The molecule has 0 spiro atoms. The summed E-state index contributed by atoms with van der Waals surface area (Å²) < 4.78 is 11.4. The van der Waals surface area contributed by atoms with Crippen molar-refractivity contribution in [2.45, 2.75) is 21.6 Å². The fraction of sp³-hybridized carbons (Fsp3) is 0.0455. The normalized spacial score (nSPS) is 12.5. The lowest BCUT2D eigenvalue weighted by atomic mass is 10.3. The van der Waals surface area contributed by atoms with Crippen LogP contribution in [0.2, 0.25) is 0 Å². The molecule has 0 unspecified atom stereocenters. The van der Waals surface area contributed by atoms with E-state index in [1.807, 2.05) is 60.7 Å². The zero-order valence-electron chi connectivity index (χ0n) is 14.3. The molecule has 0 atom stereocenters. The molecule has 1 heterocycles. The Kier molecular flexibility index (Phi) is 4.27. The quantitative estimate of drug-likeness (QED) is 0.213. The van der Waals surface area contributed by atoms with Gasteiger partial charge in [0.2, 0.25) is 9.79 Å². The summed E-state index contributed by atoms with van der Waals surface area (Å²) in [5.74, 6) is 1.86. The zero-order valence-corrected chi connectivity index (χ0v) is 15.1. The number of carbonyl (C=O) groups excluding carboxylic acids is 1. The molecule has 0 fully saturated rings. The number of esters is 1. The molecule has 3 aromatic carbocycles. The molecule has 0 saturated carbocycles. The van der Waals surface area contributed by atoms with Gasteiger partial charge in [0.05, 0.1) is 0 Å². The maximum atomic E-state index is 11.7. The summed E-state index contributed by atoms with van der Waals surface area (Å²) in [5, 5.41) is 0. The standard InChI is InChI=1S/C22H17O3S/c1-15(2)22(23)24-16-11-13-17(14-12-16)26-20-9-5-3-7-18(20)25-19-8-4-6-10-21(19)26/h3-14H,1H2,2H3/q+1. The number of hydrogen-bond acceptors (Lipinski definition) is 3. The summed E-state index contributed by atoms with van der Waals surface area (Å²) in [6.07, 6.45) is 0. The van der Waals surface area contributed by atoms with Crippen LogP contribution < -0.4 is 9.47 Å². The summed E-state index contributed by atoms with van der Waals surface area (Å²) >= 11 is 0. The van der Waals surface area contributed by atoms with Crippen LogP contribution in [0.15, 0.2) is 99.6 Å². The highest BCUT2D eigenvalue weighted by Gasteiger charge is 2.38. The van der Waals surface area contributed by atoms with E-state index in [1.165, 1.54) is 0 Å². The van der Waals surface area contributed by atoms with Gasteiger partial charge in [-0.2, -0.15) is 0 Å². The number of rotatable bonds is 3. The predicted octanol–water partition coefficient (Wildman–Crippen LogP) is 5.37. The second-order valence-corrected chi connectivity index (χ2v) is 7.91. The van der Waals surface area contributed by atoms with Crippen LogP contribution in [0.25, 0.3) is 0 Å². The molecule has 4 rings (SSSR count). The molecule has 0 amide bonds. The van der Waals surface area contributed by atoms with Crippen LogP contribution in [-0.2, 0) is 15.7 Å². The highest BCUT2D eigenvalue weighted by Crippen LogP contribution is 2.46. The van der Waals surface area contributed by atoms with Crippen molar-refractivity contribution in [1.82, 2.24) is 0 Å². The number of carbonyl (C=O) groups is 1. The van der Waals surface area contributed by atoms with Crippen molar-refractivity contribution >= 4 is 16.9 Å². The Labute approximate surface area is 155 Å². The second-order valence-electron chi connectivity index (χ2n) is 5.94. The maximum absolute atomic E-state index is 11.7. The third-order valence-corrected chi connectivity index (χ3v) is 6.27. The largest absolute Gasteiger partial charge is 0.447 e. The van der Waals surface area contributed by atoms with Gasteiger partial charge < -0.3 is 9.47 Å². The number of para-hydroxylation sites is 2. The molecule has 0 saturated heterocycles. The van der Waals surface area contributed by atoms with E-state index >= 15 is 0 Å². The van der Waals surface area contributed by atoms with Crippen molar-refractivity contribution in [1.29, 1.82) is 0 Å². The molecule has 0 aliphatic carbocycles. The minimum Gasteiger partial charge on any atom is -0.447 e. The fourth-order valence-corrected chi connectivity index (χ4v) is 4.94. The van der Waals surface area contributed by atoms with Crippen molar-refractivity contribution in [2.75, 3.05) is 0 Å². The molecule has 0 radical (unpaired) electrons. The van der Waals surface area contributed by atoms with Gasteiger partial charge in [0, 0.05) is 5.57 Å². The van der Waals surface area contributed by atoms with Gasteiger partial charge in [0.1, 0.15) is 16.6 Å². The van der Waals surface area contributed by atoms with Gasteiger partial charge in [-0.15, -0.1) is 0 Å². The summed E-state index contributed by atoms with van der Waals surface area (Å²) in [4.78, 5) is 15.1. The number of ether oxygens (including phenoxy) is 2. The minimum atomic E-state index is -0.415. The number of hydrogen-bond donors (Lipinski definition) is 0. The summed E-state index contributed by atoms with van der Waals surface area (Å²) in [6.45, 7) is 5.24. The minimum absolute atomic E-state index is 0.271. The molecule has 26 heavy (non-hydrogen) atoms. The van der Waals surface area contributed by atoms with E-state index in [-0.39, 0.29) is 10.9 Å². The molecule has 1 aliphatic heterocycles. The average molecular weight is 361 g/mol. The topological polar surface area (TPSA) is 35.5 Å². The molecule has 0 bridgehead atoms. The lowest BCUT2D eigenvalue weighted by Gasteiger charge is -2.19. The zero-order chi connectivity index (χ0) is 18.1. The van der Waals surface area contributed by atoms with Crippen molar-refractivity contribution < 1.29 is 14.3 Å². The first-order chi connectivity index (χ1) is 12.6. The lowest BCUT2D eigenvalue weighted by molar-refractivity contribution is -0.130. The summed E-state index contributed by atoms with van der Waals surface area (Å²) in [5.41, 5.74) is 0.378. The summed E-state index contributed by atoms with van der Waals surface area (Å²) in [7, 11) is -0.271. The molecular formula is C22H17O3S+. The van der Waals surface area contributed by atoms with E-state index in [2.05, 4.69) is 18.7 Å². The van der Waals surface area contributed by atoms with E-state index in [9.17, 15) is 4.79 Å². The first-order valence-corrected chi connectivity index (χ1v) is 9.44. The molecule has 3 aromatic rings. The Morgan fingerprint density at radius 3 is 1.96 bits per heavy atom. The van der Waals surface area contributed by atoms with E-state index in [4.69, 9.17) is 9.47 Å². The first kappa shape index (κ1) is 16.5. The van der Waals surface area contributed by atoms with Crippen LogP contribution in [0.1, 0.15) is 6.92 Å². The van der Waals surface area contributed by atoms with Crippen molar-refractivity contribution in [3.63, 3.8) is 0 Å². The third kappa shape index (κ3) is 3.00. The van der Waals surface area contributed by atoms with Crippen molar-refractivity contribution in [3.05, 3.63) is 84.9 Å². The van der Waals surface area contributed by atoms with Crippen LogP contribution in [-0.4, -0.2) is 5.97 Å².